The normalized spacial score (nSPS) is 16.0. The van der Waals surface area contributed by atoms with E-state index in [1.807, 2.05) is 30.3 Å². The minimum absolute atomic E-state index is 0.0953. The number of carbonyl (C=O) groups is 3. The Labute approximate surface area is 145 Å². The van der Waals surface area contributed by atoms with Crippen molar-refractivity contribution >= 4 is 18.2 Å². The zero-order chi connectivity index (χ0) is 18.2. The number of benzene rings is 1. The fraction of sp³-hybridized carbons (Fsp3) is 0.471. The maximum atomic E-state index is 12.0. The van der Waals surface area contributed by atoms with Gasteiger partial charge in [-0.3, -0.25) is 0 Å². The van der Waals surface area contributed by atoms with Crippen LogP contribution in [0.4, 0.5) is 9.59 Å². The van der Waals surface area contributed by atoms with E-state index in [0.717, 1.165) is 5.56 Å². The highest BCUT2D eigenvalue weighted by Gasteiger charge is 2.34. The summed E-state index contributed by atoms with van der Waals surface area (Å²) < 4.78 is 9.91. The molecule has 1 aliphatic rings. The van der Waals surface area contributed by atoms with Gasteiger partial charge in [0.1, 0.15) is 12.6 Å². The number of piperidine rings is 1. The molecule has 8 heteroatoms. The van der Waals surface area contributed by atoms with E-state index in [-0.39, 0.29) is 12.5 Å². The van der Waals surface area contributed by atoms with Crippen molar-refractivity contribution in [2.45, 2.75) is 25.5 Å². The molecular formula is C17H22N2O6. The van der Waals surface area contributed by atoms with Gasteiger partial charge in [-0.05, 0) is 24.3 Å². The van der Waals surface area contributed by atoms with Gasteiger partial charge in [-0.2, -0.15) is 0 Å². The number of ether oxygens (including phenoxy) is 2. The van der Waals surface area contributed by atoms with Crippen LogP contribution in [0.25, 0.3) is 0 Å². The summed E-state index contributed by atoms with van der Waals surface area (Å²) >= 11 is 0. The first-order valence-electron chi connectivity index (χ1n) is 8.04. The summed E-state index contributed by atoms with van der Waals surface area (Å²) in [5.74, 6) is -0.766. The fourth-order valence-electron chi connectivity index (χ4n) is 2.81. The molecule has 136 valence electrons. The average molecular weight is 350 g/mol. The van der Waals surface area contributed by atoms with Crippen molar-refractivity contribution in [3.8, 4) is 0 Å². The van der Waals surface area contributed by atoms with Gasteiger partial charge < -0.3 is 24.8 Å². The number of likely N-dealkylation sites (tertiary alicyclic amines) is 1. The van der Waals surface area contributed by atoms with E-state index < -0.39 is 24.2 Å². The molecular weight excluding hydrogens is 328 g/mol. The van der Waals surface area contributed by atoms with Gasteiger partial charge in [0.05, 0.1) is 7.11 Å². The maximum Gasteiger partial charge on any atom is 0.408 e. The molecule has 1 fully saturated rings. The van der Waals surface area contributed by atoms with E-state index in [4.69, 9.17) is 14.6 Å². The van der Waals surface area contributed by atoms with Crippen LogP contribution < -0.4 is 5.32 Å². The highest BCUT2D eigenvalue weighted by atomic mass is 16.6. The molecule has 1 unspecified atom stereocenters. The third kappa shape index (κ3) is 5.37. The number of esters is 1. The largest absolute Gasteiger partial charge is 0.467 e. The molecule has 0 radical (unpaired) electrons. The zero-order valence-corrected chi connectivity index (χ0v) is 14.0. The Hall–Kier alpha value is -2.77. The number of carboxylic acid groups (broad SMARTS) is 1. The molecule has 8 nitrogen and oxygen atoms in total. The monoisotopic (exact) mass is 350 g/mol. The summed E-state index contributed by atoms with van der Waals surface area (Å²) in [7, 11) is 1.25. The van der Waals surface area contributed by atoms with Gasteiger partial charge in [0.15, 0.2) is 0 Å². The van der Waals surface area contributed by atoms with Gasteiger partial charge in [0, 0.05) is 13.1 Å². The first kappa shape index (κ1) is 18.6. The van der Waals surface area contributed by atoms with E-state index in [1.54, 1.807) is 0 Å². The summed E-state index contributed by atoms with van der Waals surface area (Å²) in [6, 6.07) is 8.33. The van der Waals surface area contributed by atoms with E-state index in [1.165, 1.54) is 12.0 Å². The molecule has 2 amide bonds. The number of amides is 2. The Bertz CT molecular complexity index is 598. The van der Waals surface area contributed by atoms with Gasteiger partial charge in [0.25, 0.3) is 0 Å². The Balaban J connectivity index is 1.90. The van der Waals surface area contributed by atoms with Crippen LogP contribution in [-0.4, -0.2) is 54.4 Å². The number of carbonyl (C=O) groups excluding carboxylic acids is 2. The van der Waals surface area contributed by atoms with Gasteiger partial charge in [-0.1, -0.05) is 30.3 Å². The van der Waals surface area contributed by atoms with Crippen LogP contribution in [0.15, 0.2) is 30.3 Å². The molecule has 0 aliphatic carbocycles. The lowest BCUT2D eigenvalue weighted by molar-refractivity contribution is -0.145. The molecule has 1 saturated heterocycles. The van der Waals surface area contributed by atoms with E-state index in [9.17, 15) is 14.4 Å². The molecule has 1 aliphatic heterocycles. The minimum atomic E-state index is -0.983. The van der Waals surface area contributed by atoms with Crippen LogP contribution in [0, 0.1) is 5.92 Å². The summed E-state index contributed by atoms with van der Waals surface area (Å²) in [6.45, 7) is 0.723. The number of hydrogen-bond acceptors (Lipinski definition) is 5. The highest BCUT2D eigenvalue weighted by molar-refractivity contribution is 5.81. The van der Waals surface area contributed by atoms with Crippen molar-refractivity contribution in [2.24, 2.45) is 5.92 Å². The Morgan fingerprint density at radius 2 is 1.88 bits per heavy atom. The van der Waals surface area contributed by atoms with Gasteiger partial charge >= 0.3 is 18.2 Å². The summed E-state index contributed by atoms with van der Waals surface area (Å²) in [5, 5.41) is 11.5. The number of hydrogen-bond donors (Lipinski definition) is 2. The summed E-state index contributed by atoms with van der Waals surface area (Å²) in [4.78, 5) is 36.3. The van der Waals surface area contributed by atoms with Crippen molar-refractivity contribution in [1.29, 1.82) is 0 Å². The second-order valence-electron chi connectivity index (χ2n) is 5.81. The van der Waals surface area contributed by atoms with Crippen molar-refractivity contribution in [1.82, 2.24) is 10.2 Å². The van der Waals surface area contributed by atoms with Crippen molar-refractivity contribution in [2.75, 3.05) is 20.2 Å². The van der Waals surface area contributed by atoms with Crippen LogP contribution in [0.1, 0.15) is 18.4 Å². The lowest BCUT2D eigenvalue weighted by atomic mass is 9.89. The quantitative estimate of drug-likeness (QED) is 0.785. The third-order valence-corrected chi connectivity index (χ3v) is 4.22. The second kappa shape index (κ2) is 8.91. The van der Waals surface area contributed by atoms with Gasteiger partial charge in [-0.25, -0.2) is 14.4 Å². The molecule has 0 bridgehead atoms. The van der Waals surface area contributed by atoms with E-state index >= 15 is 0 Å². The van der Waals surface area contributed by atoms with Crippen molar-refractivity contribution in [3.63, 3.8) is 0 Å². The highest BCUT2D eigenvalue weighted by Crippen LogP contribution is 2.22. The lowest BCUT2D eigenvalue weighted by Gasteiger charge is -2.33. The molecule has 1 heterocycles. The lowest BCUT2D eigenvalue weighted by Crippen LogP contribution is -2.50. The third-order valence-electron chi connectivity index (χ3n) is 4.22. The molecule has 25 heavy (non-hydrogen) atoms. The van der Waals surface area contributed by atoms with Crippen molar-refractivity contribution in [3.05, 3.63) is 35.9 Å². The van der Waals surface area contributed by atoms with Crippen LogP contribution >= 0.6 is 0 Å². The fourth-order valence-corrected chi connectivity index (χ4v) is 2.81. The molecule has 0 saturated carbocycles. The molecule has 2 N–H and O–H groups in total. The van der Waals surface area contributed by atoms with Crippen LogP contribution in [-0.2, 0) is 20.9 Å². The SMILES string of the molecule is COC(=O)C(NC(=O)OCc1ccccc1)C1CCN(C(=O)O)CC1. The summed E-state index contributed by atoms with van der Waals surface area (Å²) in [5.41, 5.74) is 0.835. The number of nitrogens with zero attached hydrogens (tertiary/aromatic N) is 1. The van der Waals surface area contributed by atoms with Crippen LogP contribution in [0.5, 0.6) is 0 Å². The smallest absolute Gasteiger partial charge is 0.408 e. The van der Waals surface area contributed by atoms with Gasteiger partial charge in [0.2, 0.25) is 0 Å². The zero-order valence-electron chi connectivity index (χ0n) is 14.0. The maximum absolute atomic E-state index is 12.0. The van der Waals surface area contributed by atoms with Gasteiger partial charge in [-0.15, -0.1) is 0 Å². The van der Waals surface area contributed by atoms with Crippen molar-refractivity contribution < 1.29 is 29.0 Å². The predicted molar refractivity (Wildman–Crippen MR) is 87.9 cm³/mol. The molecule has 2 rings (SSSR count). The number of rotatable bonds is 5. The summed E-state index contributed by atoms with van der Waals surface area (Å²) in [6.07, 6.45) is -0.765. The van der Waals surface area contributed by atoms with E-state index in [0.29, 0.717) is 25.9 Å². The molecule has 1 atom stereocenters. The standard InChI is InChI=1S/C17H22N2O6/c1-24-15(20)14(13-7-9-19(10-8-13)17(22)23)18-16(21)25-11-12-5-3-2-4-6-12/h2-6,13-14H,7-11H2,1H3,(H,18,21)(H,22,23). The predicted octanol–water partition coefficient (Wildman–Crippen LogP) is 1.84. The molecule has 1 aromatic carbocycles. The van der Waals surface area contributed by atoms with Crippen LogP contribution in [0.2, 0.25) is 0 Å². The molecule has 1 aromatic rings. The Kier molecular flexibility index (Phi) is 6.62. The Morgan fingerprint density at radius 3 is 2.44 bits per heavy atom. The minimum Gasteiger partial charge on any atom is -0.467 e. The first-order valence-corrected chi connectivity index (χ1v) is 8.04. The topological polar surface area (TPSA) is 105 Å². The number of nitrogens with one attached hydrogen (secondary N) is 1. The van der Waals surface area contributed by atoms with E-state index in [2.05, 4.69) is 5.32 Å². The number of alkyl carbamates (subject to hydrolysis) is 1. The Morgan fingerprint density at radius 1 is 1.24 bits per heavy atom. The molecule has 0 aromatic heterocycles. The van der Waals surface area contributed by atoms with Crippen LogP contribution in [0.3, 0.4) is 0 Å². The second-order valence-corrected chi connectivity index (χ2v) is 5.81. The first-order chi connectivity index (χ1) is 12.0. The number of methoxy groups -OCH3 is 1. The average Bonchev–Trinajstić information content (AvgIpc) is 2.64. The molecule has 0 spiro atoms.